The van der Waals surface area contributed by atoms with Gasteiger partial charge in [-0.3, -0.25) is 0 Å². The van der Waals surface area contributed by atoms with Crippen LogP contribution in [0.25, 0.3) is 22.6 Å². The van der Waals surface area contributed by atoms with Gasteiger partial charge in [-0.2, -0.15) is 0 Å². The molecule has 1 aliphatic rings. The molecule has 0 saturated carbocycles. The van der Waals surface area contributed by atoms with Crippen LogP contribution in [0.5, 0.6) is 5.75 Å². The molecule has 1 unspecified atom stereocenters. The van der Waals surface area contributed by atoms with E-state index in [4.69, 9.17) is 11.5 Å². The highest BCUT2D eigenvalue weighted by Crippen LogP contribution is 2.36. The molecule has 1 saturated heterocycles. The normalized spacial score (nSPS) is 16.9. The molecule has 4 heterocycles. The molecule has 3 aromatic rings. The first-order valence-electron chi connectivity index (χ1n) is 10.9. The molecule has 1 fully saturated rings. The Morgan fingerprint density at radius 1 is 1.16 bits per heavy atom. The van der Waals surface area contributed by atoms with E-state index in [1.54, 1.807) is 0 Å². The van der Waals surface area contributed by atoms with Gasteiger partial charge < -0.3 is 21.5 Å². The van der Waals surface area contributed by atoms with Crippen LogP contribution in [-0.2, 0) is 0 Å². The second kappa shape index (κ2) is 9.04. The van der Waals surface area contributed by atoms with E-state index in [1.807, 2.05) is 6.92 Å². The van der Waals surface area contributed by atoms with Gasteiger partial charge in [0.15, 0.2) is 11.6 Å². The molecule has 5 N–H and O–H groups in total. The van der Waals surface area contributed by atoms with Crippen LogP contribution in [0.3, 0.4) is 0 Å². The lowest BCUT2D eigenvalue weighted by Crippen LogP contribution is -2.35. The molecule has 0 bridgehead atoms. The number of nitrogens with zero attached hydrogens (tertiary/aromatic N) is 5. The van der Waals surface area contributed by atoms with Crippen molar-refractivity contribution in [1.82, 2.24) is 24.8 Å². The monoisotopic (exact) mass is 437 g/mol. The number of aromatic hydroxyl groups is 1. The molecular formula is C23H28FN7O. The van der Waals surface area contributed by atoms with E-state index < -0.39 is 5.82 Å². The Balaban J connectivity index is 1.78. The fourth-order valence-electron chi connectivity index (χ4n) is 4.41. The summed E-state index contributed by atoms with van der Waals surface area (Å²) in [6, 6.07) is 4.49. The first kappa shape index (κ1) is 21.9. The van der Waals surface area contributed by atoms with Gasteiger partial charge in [0.25, 0.3) is 0 Å². The summed E-state index contributed by atoms with van der Waals surface area (Å²) in [6.45, 7) is 7.14. The number of pyridine rings is 2. The summed E-state index contributed by atoms with van der Waals surface area (Å²) in [4.78, 5) is 19.7. The second-order valence-electron chi connectivity index (χ2n) is 8.20. The van der Waals surface area contributed by atoms with Crippen molar-refractivity contribution in [3.8, 4) is 28.4 Å². The Hall–Kier alpha value is -3.33. The first-order valence-corrected chi connectivity index (χ1v) is 10.9. The number of likely N-dealkylation sites (tertiary alicyclic amines) is 1. The number of anilines is 2. The molecule has 32 heavy (non-hydrogen) atoms. The quantitative estimate of drug-likeness (QED) is 0.553. The molecule has 0 aromatic carbocycles. The van der Waals surface area contributed by atoms with Crippen molar-refractivity contribution in [2.24, 2.45) is 0 Å². The summed E-state index contributed by atoms with van der Waals surface area (Å²) in [6.07, 6.45) is 4.62. The fraction of sp³-hybridized carbons (Fsp3) is 0.391. The zero-order valence-corrected chi connectivity index (χ0v) is 18.3. The van der Waals surface area contributed by atoms with E-state index in [1.165, 1.54) is 24.4 Å². The summed E-state index contributed by atoms with van der Waals surface area (Å²) in [5, 5.41) is 10.6. The van der Waals surface area contributed by atoms with Crippen LogP contribution in [0.2, 0.25) is 0 Å². The Morgan fingerprint density at radius 3 is 2.75 bits per heavy atom. The molecule has 0 amide bonds. The summed E-state index contributed by atoms with van der Waals surface area (Å²) in [5.41, 5.74) is 14.6. The van der Waals surface area contributed by atoms with Crippen molar-refractivity contribution in [1.29, 1.82) is 0 Å². The Bertz CT molecular complexity index is 1140. The fourth-order valence-corrected chi connectivity index (χ4v) is 4.41. The topological polar surface area (TPSA) is 127 Å². The van der Waals surface area contributed by atoms with Crippen molar-refractivity contribution in [3.63, 3.8) is 0 Å². The van der Waals surface area contributed by atoms with E-state index >= 15 is 0 Å². The van der Waals surface area contributed by atoms with Gasteiger partial charge >= 0.3 is 0 Å². The minimum Gasteiger partial charge on any atom is -0.506 e. The number of piperidine rings is 1. The summed E-state index contributed by atoms with van der Waals surface area (Å²) in [7, 11) is 0. The average molecular weight is 438 g/mol. The van der Waals surface area contributed by atoms with Gasteiger partial charge in [-0.05, 0) is 63.0 Å². The van der Waals surface area contributed by atoms with E-state index in [0.717, 1.165) is 50.2 Å². The largest absolute Gasteiger partial charge is 0.506 e. The molecule has 1 atom stereocenters. The van der Waals surface area contributed by atoms with Crippen molar-refractivity contribution < 1.29 is 9.50 Å². The Morgan fingerprint density at radius 2 is 1.97 bits per heavy atom. The van der Waals surface area contributed by atoms with Crippen molar-refractivity contribution in [2.75, 3.05) is 31.1 Å². The number of hydrogen-bond donors (Lipinski definition) is 3. The zero-order chi connectivity index (χ0) is 22.8. The van der Waals surface area contributed by atoms with Gasteiger partial charge in [-0.1, -0.05) is 6.92 Å². The predicted octanol–water partition coefficient (Wildman–Crippen LogP) is 3.51. The van der Waals surface area contributed by atoms with Gasteiger partial charge in [-0.25, -0.2) is 24.3 Å². The summed E-state index contributed by atoms with van der Waals surface area (Å²) < 4.78 is 14.5. The number of rotatable bonds is 5. The summed E-state index contributed by atoms with van der Waals surface area (Å²) >= 11 is 0. The van der Waals surface area contributed by atoms with Gasteiger partial charge in [0.1, 0.15) is 17.1 Å². The number of nitrogens with two attached hydrogens (primary N) is 2. The van der Waals surface area contributed by atoms with Gasteiger partial charge in [0.2, 0.25) is 5.95 Å². The Kier molecular flexibility index (Phi) is 6.18. The van der Waals surface area contributed by atoms with Crippen LogP contribution < -0.4 is 11.5 Å². The molecule has 3 aromatic heterocycles. The van der Waals surface area contributed by atoms with Gasteiger partial charge in [0.05, 0.1) is 11.4 Å². The number of nitrogen functional groups attached to an aromatic ring is 2. The SMILES string of the molecule is CCCN1CCCC(c2nc(N)nc(-c3nc(-c4ccnc(N)c4F)ccc3O)c2C)C1. The third kappa shape index (κ3) is 4.20. The molecule has 9 heteroatoms. The maximum atomic E-state index is 14.5. The highest BCUT2D eigenvalue weighted by Gasteiger charge is 2.26. The number of halogens is 1. The molecule has 8 nitrogen and oxygen atoms in total. The molecule has 0 aliphatic carbocycles. The lowest BCUT2D eigenvalue weighted by Gasteiger charge is -2.33. The molecule has 4 rings (SSSR count). The zero-order valence-electron chi connectivity index (χ0n) is 18.3. The van der Waals surface area contributed by atoms with E-state index in [2.05, 4.69) is 31.8 Å². The molecule has 1 aliphatic heterocycles. The maximum Gasteiger partial charge on any atom is 0.220 e. The standard InChI is InChI=1S/C23H28FN7O/c1-3-10-31-11-4-5-14(12-31)19-13(2)20(30-23(26)29-19)21-17(32)7-6-16(28-21)15-8-9-27-22(25)18(15)24/h6-9,14,32H,3-5,10-12H2,1-2H3,(H2,25,27)(H2,26,29,30). The smallest absolute Gasteiger partial charge is 0.220 e. The molecule has 168 valence electrons. The maximum absolute atomic E-state index is 14.5. The minimum atomic E-state index is -0.658. The molecular weight excluding hydrogens is 409 g/mol. The van der Waals surface area contributed by atoms with Crippen molar-refractivity contribution in [2.45, 2.75) is 39.0 Å². The van der Waals surface area contributed by atoms with Crippen LogP contribution in [0.4, 0.5) is 16.2 Å². The number of aromatic nitrogens is 4. The Labute approximate surface area is 186 Å². The van der Waals surface area contributed by atoms with Gasteiger partial charge in [-0.15, -0.1) is 0 Å². The first-order chi connectivity index (χ1) is 15.4. The van der Waals surface area contributed by atoms with Crippen LogP contribution in [0.15, 0.2) is 24.4 Å². The highest BCUT2D eigenvalue weighted by atomic mass is 19.1. The predicted molar refractivity (Wildman–Crippen MR) is 122 cm³/mol. The van der Waals surface area contributed by atoms with Crippen LogP contribution in [0, 0.1) is 12.7 Å². The summed E-state index contributed by atoms with van der Waals surface area (Å²) in [5.74, 6) is -0.590. The van der Waals surface area contributed by atoms with Crippen LogP contribution >= 0.6 is 0 Å². The van der Waals surface area contributed by atoms with Crippen LogP contribution in [-0.4, -0.2) is 49.6 Å². The van der Waals surface area contributed by atoms with Crippen molar-refractivity contribution >= 4 is 11.8 Å². The minimum absolute atomic E-state index is 0.0698. The third-order valence-electron chi connectivity index (χ3n) is 5.92. The lowest BCUT2D eigenvalue weighted by atomic mass is 9.91. The molecule has 0 spiro atoms. The van der Waals surface area contributed by atoms with E-state index in [9.17, 15) is 9.50 Å². The number of hydrogen-bond acceptors (Lipinski definition) is 8. The second-order valence-corrected chi connectivity index (χ2v) is 8.20. The third-order valence-corrected chi connectivity index (χ3v) is 5.92. The highest BCUT2D eigenvalue weighted by molar-refractivity contribution is 5.72. The van der Waals surface area contributed by atoms with Crippen LogP contribution in [0.1, 0.15) is 43.4 Å². The van der Waals surface area contributed by atoms with Crippen molar-refractivity contribution in [3.05, 3.63) is 41.5 Å². The van der Waals surface area contributed by atoms with E-state index in [-0.39, 0.29) is 34.7 Å². The van der Waals surface area contributed by atoms with Gasteiger partial charge in [0, 0.05) is 24.2 Å². The molecule has 0 radical (unpaired) electrons. The van der Waals surface area contributed by atoms with E-state index in [0.29, 0.717) is 11.4 Å². The lowest BCUT2D eigenvalue weighted by molar-refractivity contribution is 0.206. The average Bonchev–Trinajstić information content (AvgIpc) is 2.78.